The molecule has 0 aromatic carbocycles. The van der Waals surface area contributed by atoms with Gasteiger partial charge in [0.15, 0.2) is 0 Å². The van der Waals surface area contributed by atoms with Crippen LogP contribution in [0, 0.1) is 5.92 Å². The monoisotopic (exact) mass is 298 g/mol. The molecule has 0 radical (unpaired) electrons. The molecular weight excluding hydrogens is 272 g/mol. The van der Waals surface area contributed by atoms with Crippen molar-refractivity contribution < 1.29 is 19.4 Å². The number of ether oxygens (including phenoxy) is 1. The van der Waals surface area contributed by atoms with Gasteiger partial charge < -0.3 is 20.1 Å². The molecule has 120 valence electrons. The zero-order valence-electron chi connectivity index (χ0n) is 12.7. The molecule has 2 amide bonds. The third kappa shape index (κ3) is 4.59. The molecule has 1 unspecified atom stereocenters. The number of carbonyl (C=O) groups is 2. The minimum absolute atomic E-state index is 0.0295. The molecule has 2 rings (SSSR count). The van der Waals surface area contributed by atoms with Crippen LogP contribution in [0.5, 0.6) is 0 Å². The normalized spacial score (nSPS) is 30.0. The second kappa shape index (κ2) is 7.64. The summed E-state index contributed by atoms with van der Waals surface area (Å²) in [6.45, 7) is 4.01. The molecule has 1 aliphatic carbocycles. The number of amides is 2. The van der Waals surface area contributed by atoms with Gasteiger partial charge in [-0.2, -0.15) is 0 Å². The summed E-state index contributed by atoms with van der Waals surface area (Å²) in [4.78, 5) is 25.0. The summed E-state index contributed by atoms with van der Waals surface area (Å²) in [5.74, 6) is -0.953. The van der Waals surface area contributed by atoms with Gasteiger partial charge in [0.2, 0.25) is 0 Å². The molecule has 1 aliphatic heterocycles. The summed E-state index contributed by atoms with van der Waals surface area (Å²) in [5, 5.41) is 12.0. The lowest BCUT2D eigenvalue weighted by molar-refractivity contribution is -0.142. The van der Waals surface area contributed by atoms with Crippen LogP contribution in [-0.2, 0) is 9.53 Å². The SMILES string of the molecule is CCCC1CN(C(=O)NC2CCC(C(=O)O)CC2)CCO1. The Morgan fingerprint density at radius 2 is 2.00 bits per heavy atom. The van der Waals surface area contributed by atoms with Gasteiger partial charge in [-0.05, 0) is 32.1 Å². The van der Waals surface area contributed by atoms with E-state index < -0.39 is 5.97 Å². The molecule has 1 saturated carbocycles. The van der Waals surface area contributed by atoms with Crippen LogP contribution in [0.3, 0.4) is 0 Å². The molecule has 0 spiro atoms. The Morgan fingerprint density at radius 1 is 1.29 bits per heavy atom. The van der Waals surface area contributed by atoms with Crippen molar-refractivity contribution in [3.05, 3.63) is 0 Å². The smallest absolute Gasteiger partial charge is 0.317 e. The second-order valence-corrected chi connectivity index (χ2v) is 6.06. The molecule has 2 N–H and O–H groups in total. The molecule has 1 atom stereocenters. The fraction of sp³-hybridized carbons (Fsp3) is 0.867. The first-order valence-corrected chi connectivity index (χ1v) is 8.00. The molecule has 21 heavy (non-hydrogen) atoms. The lowest BCUT2D eigenvalue weighted by atomic mass is 9.86. The number of carboxylic acid groups (broad SMARTS) is 1. The van der Waals surface area contributed by atoms with Gasteiger partial charge in [-0.15, -0.1) is 0 Å². The van der Waals surface area contributed by atoms with Crippen LogP contribution in [0.25, 0.3) is 0 Å². The van der Waals surface area contributed by atoms with E-state index in [1.54, 1.807) is 0 Å². The summed E-state index contributed by atoms with van der Waals surface area (Å²) in [6.07, 6.45) is 5.00. The van der Waals surface area contributed by atoms with Crippen molar-refractivity contribution in [2.24, 2.45) is 5.92 Å². The minimum Gasteiger partial charge on any atom is -0.481 e. The summed E-state index contributed by atoms with van der Waals surface area (Å²) in [6, 6.07) is 0.0822. The van der Waals surface area contributed by atoms with Gasteiger partial charge in [-0.1, -0.05) is 13.3 Å². The average Bonchev–Trinajstić information content (AvgIpc) is 2.48. The fourth-order valence-corrected chi connectivity index (χ4v) is 3.15. The summed E-state index contributed by atoms with van der Waals surface area (Å²) < 4.78 is 5.64. The van der Waals surface area contributed by atoms with Crippen molar-refractivity contribution in [3.63, 3.8) is 0 Å². The van der Waals surface area contributed by atoms with Crippen molar-refractivity contribution in [3.8, 4) is 0 Å². The number of urea groups is 1. The van der Waals surface area contributed by atoms with Crippen LogP contribution in [0.1, 0.15) is 45.4 Å². The first kappa shape index (κ1) is 16.1. The number of hydrogen-bond acceptors (Lipinski definition) is 3. The van der Waals surface area contributed by atoms with Gasteiger partial charge in [0.25, 0.3) is 0 Å². The molecule has 0 aromatic heterocycles. The third-order valence-corrected chi connectivity index (χ3v) is 4.44. The molecule has 0 bridgehead atoms. The van der Waals surface area contributed by atoms with E-state index >= 15 is 0 Å². The fourth-order valence-electron chi connectivity index (χ4n) is 3.15. The number of rotatable bonds is 4. The van der Waals surface area contributed by atoms with Crippen molar-refractivity contribution in [1.82, 2.24) is 10.2 Å². The summed E-state index contributed by atoms with van der Waals surface area (Å²) in [7, 11) is 0. The Balaban J connectivity index is 1.75. The number of hydrogen-bond donors (Lipinski definition) is 2. The molecule has 2 aliphatic rings. The van der Waals surface area contributed by atoms with Crippen LogP contribution < -0.4 is 5.32 Å². The topological polar surface area (TPSA) is 78.9 Å². The zero-order chi connectivity index (χ0) is 15.2. The largest absolute Gasteiger partial charge is 0.481 e. The highest BCUT2D eigenvalue weighted by molar-refractivity contribution is 5.75. The number of morpholine rings is 1. The maximum atomic E-state index is 12.3. The predicted molar refractivity (Wildman–Crippen MR) is 78.1 cm³/mol. The van der Waals surface area contributed by atoms with E-state index in [-0.39, 0.29) is 24.1 Å². The lowest BCUT2D eigenvalue weighted by Crippen LogP contribution is -2.52. The molecule has 2 fully saturated rings. The van der Waals surface area contributed by atoms with Gasteiger partial charge in [0, 0.05) is 19.1 Å². The third-order valence-electron chi connectivity index (χ3n) is 4.44. The van der Waals surface area contributed by atoms with Gasteiger partial charge in [-0.3, -0.25) is 4.79 Å². The van der Waals surface area contributed by atoms with Crippen molar-refractivity contribution in [2.45, 2.75) is 57.6 Å². The highest BCUT2D eigenvalue weighted by Gasteiger charge is 2.29. The molecular formula is C15H26N2O4. The minimum atomic E-state index is -0.713. The van der Waals surface area contributed by atoms with Crippen LogP contribution in [0.2, 0.25) is 0 Å². The average molecular weight is 298 g/mol. The Morgan fingerprint density at radius 3 is 2.62 bits per heavy atom. The molecule has 6 nitrogen and oxygen atoms in total. The van der Waals surface area contributed by atoms with Gasteiger partial charge in [-0.25, -0.2) is 4.79 Å². The molecule has 1 heterocycles. The van der Waals surface area contributed by atoms with E-state index in [0.717, 1.165) is 25.7 Å². The predicted octanol–water partition coefficient (Wildman–Crippen LogP) is 1.84. The first-order valence-electron chi connectivity index (χ1n) is 8.00. The zero-order valence-corrected chi connectivity index (χ0v) is 12.7. The van der Waals surface area contributed by atoms with Crippen LogP contribution in [0.4, 0.5) is 4.79 Å². The highest BCUT2D eigenvalue weighted by atomic mass is 16.5. The number of carboxylic acids is 1. The van der Waals surface area contributed by atoms with E-state index in [2.05, 4.69) is 12.2 Å². The number of nitrogens with one attached hydrogen (secondary N) is 1. The number of aliphatic carboxylic acids is 1. The maximum Gasteiger partial charge on any atom is 0.317 e. The Kier molecular flexibility index (Phi) is 5.85. The van der Waals surface area contributed by atoms with Gasteiger partial charge in [0.1, 0.15) is 0 Å². The number of carbonyl (C=O) groups excluding carboxylic acids is 1. The molecule has 6 heteroatoms. The van der Waals surface area contributed by atoms with Gasteiger partial charge >= 0.3 is 12.0 Å². The van der Waals surface area contributed by atoms with Crippen molar-refractivity contribution >= 4 is 12.0 Å². The Labute approximate surface area is 125 Å². The Hall–Kier alpha value is -1.30. The van der Waals surface area contributed by atoms with Crippen LogP contribution in [-0.4, -0.2) is 53.8 Å². The highest BCUT2D eigenvalue weighted by Crippen LogP contribution is 2.24. The van der Waals surface area contributed by atoms with Crippen molar-refractivity contribution in [2.75, 3.05) is 19.7 Å². The van der Waals surface area contributed by atoms with E-state index in [1.807, 2.05) is 4.90 Å². The standard InChI is InChI=1S/C15H26N2O4/c1-2-3-13-10-17(8-9-21-13)15(20)16-12-6-4-11(5-7-12)14(18)19/h11-13H,2-10H2,1H3,(H,16,20)(H,18,19). The van der Waals surface area contributed by atoms with Crippen LogP contribution >= 0.6 is 0 Å². The number of nitrogens with zero attached hydrogens (tertiary/aromatic N) is 1. The summed E-state index contributed by atoms with van der Waals surface area (Å²) in [5.41, 5.74) is 0. The quantitative estimate of drug-likeness (QED) is 0.830. The Bertz CT molecular complexity index is 365. The molecule has 1 saturated heterocycles. The van der Waals surface area contributed by atoms with Crippen molar-refractivity contribution in [1.29, 1.82) is 0 Å². The summed E-state index contributed by atoms with van der Waals surface area (Å²) >= 11 is 0. The molecule has 0 aromatic rings. The van der Waals surface area contributed by atoms with E-state index in [1.165, 1.54) is 0 Å². The van der Waals surface area contributed by atoms with E-state index in [9.17, 15) is 9.59 Å². The van der Waals surface area contributed by atoms with Gasteiger partial charge in [0.05, 0.1) is 18.6 Å². The lowest BCUT2D eigenvalue weighted by Gasteiger charge is -2.35. The second-order valence-electron chi connectivity index (χ2n) is 6.06. The van der Waals surface area contributed by atoms with E-state index in [4.69, 9.17) is 9.84 Å². The van der Waals surface area contributed by atoms with E-state index in [0.29, 0.717) is 32.5 Å². The maximum absolute atomic E-state index is 12.3. The first-order chi connectivity index (χ1) is 10.1. The van der Waals surface area contributed by atoms with Crippen LogP contribution in [0.15, 0.2) is 0 Å².